The van der Waals surface area contributed by atoms with Crippen LogP contribution in [-0.4, -0.2) is 34.9 Å². The molecule has 0 amide bonds. The molecule has 0 bridgehead atoms. The van der Waals surface area contributed by atoms with Gasteiger partial charge in [0, 0.05) is 18.9 Å². The molecule has 1 radical (unpaired) electrons. The van der Waals surface area contributed by atoms with Crippen LogP contribution in [-0.2, 0) is 0 Å². The van der Waals surface area contributed by atoms with Gasteiger partial charge >= 0.3 is 5.97 Å². The summed E-state index contributed by atoms with van der Waals surface area (Å²) in [5, 5.41) is 8.78. The van der Waals surface area contributed by atoms with Gasteiger partial charge in [0.25, 0.3) is 0 Å². The van der Waals surface area contributed by atoms with E-state index in [0.29, 0.717) is 0 Å². The molecule has 1 heterocycles. The number of benzene rings is 1. The van der Waals surface area contributed by atoms with Crippen LogP contribution in [0.5, 0.6) is 0 Å². The maximum Gasteiger partial charge on any atom is 0.365 e. The van der Waals surface area contributed by atoms with Gasteiger partial charge in [-0.2, -0.15) is 0 Å². The predicted molar refractivity (Wildman–Crippen MR) is 52.3 cm³/mol. The first-order chi connectivity index (χ1) is 5.77. The van der Waals surface area contributed by atoms with Gasteiger partial charge in [0.05, 0.1) is 10.2 Å². The van der Waals surface area contributed by atoms with Crippen LogP contribution in [0.2, 0.25) is 0 Å². The molecular formula is C8H5LiNO2S. The standard InChI is InChI=1S/C8H5NO2S.Li/c10-8(11)7-9-5-3-1-2-4-6(5)12-7;/h1-4H,(H,10,11);. The van der Waals surface area contributed by atoms with Crippen LogP contribution in [0.3, 0.4) is 0 Å². The van der Waals surface area contributed by atoms with Gasteiger partial charge < -0.3 is 5.11 Å². The number of hydrogen-bond donors (Lipinski definition) is 1. The number of carboxylic acid groups (broad SMARTS) is 1. The molecule has 0 saturated carbocycles. The molecule has 2 aromatic rings. The molecule has 1 N–H and O–H groups in total. The van der Waals surface area contributed by atoms with Crippen molar-refractivity contribution in [1.82, 2.24) is 4.98 Å². The van der Waals surface area contributed by atoms with E-state index in [1.165, 1.54) is 11.3 Å². The van der Waals surface area contributed by atoms with Crippen LogP contribution in [0.4, 0.5) is 0 Å². The zero-order chi connectivity index (χ0) is 8.55. The Morgan fingerprint density at radius 3 is 2.69 bits per heavy atom. The molecule has 0 aliphatic heterocycles. The minimum Gasteiger partial charge on any atom is -0.476 e. The first-order valence-electron chi connectivity index (χ1n) is 3.36. The molecule has 0 unspecified atom stereocenters. The average Bonchev–Trinajstić information content (AvgIpc) is 2.46. The number of rotatable bonds is 1. The van der Waals surface area contributed by atoms with Gasteiger partial charge in [0.2, 0.25) is 5.01 Å². The van der Waals surface area contributed by atoms with Crippen LogP contribution in [0.1, 0.15) is 9.80 Å². The summed E-state index contributed by atoms with van der Waals surface area (Å²) >= 11 is 1.19. The molecule has 0 saturated heterocycles. The Hall–Kier alpha value is -0.823. The molecule has 0 fully saturated rings. The van der Waals surface area contributed by atoms with Crippen molar-refractivity contribution in [2.24, 2.45) is 0 Å². The van der Waals surface area contributed by atoms with Gasteiger partial charge in [-0.25, -0.2) is 9.78 Å². The Kier molecular flexibility index (Phi) is 3.10. The number of para-hydroxylation sites is 1. The normalized spacial score (nSPS) is 9.54. The number of hydrogen-bond acceptors (Lipinski definition) is 3. The van der Waals surface area contributed by atoms with E-state index in [9.17, 15) is 4.79 Å². The largest absolute Gasteiger partial charge is 0.476 e. The number of carboxylic acids is 1. The molecule has 0 aliphatic carbocycles. The Morgan fingerprint density at radius 2 is 2.08 bits per heavy atom. The predicted octanol–water partition coefficient (Wildman–Crippen LogP) is 1.61. The molecular weight excluding hydrogens is 181 g/mol. The summed E-state index contributed by atoms with van der Waals surface area (Å²) in [7, 11) is 0. The summed E-state index contributed by atoms with van der Waals surface area (Å²) in [5.41, 5.74) is 0.750. The second-order valence-electron chi connectivity index (χ2n) is 2.29. The SMILES string of the molecule is O=C(O)c1nc2ccccc2s1.[Li]. The molecule has 0 aliphatic rings. The van der Waals surface area contributed by atoms with Crippen LogP contribution in [0, 0.1) is 0 Å². The van der Waals surface area contributed by atoms with Gasteiger partial charge in [0.1, 0.15) is 0 Å². The third kappa shape index (κ3) is 1.91. The molecule has 3 nitrogen and oxygen atoms in total. The monoisotopic (exact) mass is 186 g/mol. The number of aromatic nitrogens is 1. The van der Waals surface area contributed by atoms with E-state index in [-0.39, 0.29) is 23.9 Å². The fourth-order valence-corrected chi connectivity index (χ4v) is 1.77. The van der Waals surface area contributed by atoms with Crippen molar-refractivity contribution < 1.29 is 9.90 Å². The molecule has 1 aromatic heterocycles. The van der Waals surface area contributed by atoms with Gasteiger partial charge in [-0.1, -0.05) is 12.1 Å². The number of thiazole rings is 1. The first kappa shape index (κ1) is 10.3. The van der Waals surface area contributed by atoms with E-state index >= 15 is 0 Å². The molecule has 0 spiro atoms. The van der Waals surface area contributed by atoms with Crippen LogP contribution >= 0.6 is 11.3 Å². The van der Waals surface area contributed by atoms with Crippen molar-refractivity contribution in [1.29, 1.82) is 0 Å². The summed E-state index contributed by atoms with van der Waals surface area (Å²) in [6, 6.07) is 7.37. The Morgan fingerprint density at radius 1 is 1.38 bits per heavy atom. The Balaban J connectivity index is 0.000000845. The smallest absolute Gasteiger partial charge is 0.365 e. The molecule has 61 valence electrons. The second kappa shape index (κ2) is 3.92. The van der Waals surface area contributed by atoms with Gasteiger partial charge in [0.15, 0.2) is 0 Å². The molecule has 13 heavy (non-hydrogen) atoms. The summed E-state index contributed by atoms with van der Waals surface area (Å²) in [6.07, 6.45) is 0. The van der Waals surface area contributed by atoms with E-state index in [1.54, 1.807) is 6.07 Å². The minimum atomic E-state index is -0.962. The summed E-state index contributed by atoms with van der Waals surface area (Å²) in [4.78, 5) is 14.4. The Labute approximate surface area is 90.6 Å². The van der Waals surface area contributed by atoms with Crippen LogP contribution in [0.15, 0.2) is 24.3 Å². The van der Waals surface area contributed by atoms with Crippen molar-refractivity contribution in [2.45, 2.75) is 0 Å². The van der Waals surface area contributed by atoms with Crippen LogP contribution in [0.25, 0.3) is 10.2 Å². The molecule has 5 heteroatoms. The van der Waals surface area contributed by atoms with E-state index < -0.39 is 5.97 Å². The second-order valence-corrected chi connectivity index (χ2v) is 3.32. The van der Waals surface area contributed by atoms with Crippen molar-refractivity contribution in [3.8, 4) is 0 Å². The van der Waals surface area contributed by atoms with Gasteiger partial charge in [-0.15, -0.1) is 11.3 Å². The number of aromatic carboxylic acids is 1. The van der Waals surface area contributed by atoms with Crippen molar-refractivity contribution in [3.05, 3.63) is 29.3 Å². The van der Waals surface area contributed by atoms with Crippen LogP contribution < -0.4 is 0 Å². The maximum absolute atomic E-state index is 10.5. The summed E-state index contributed by atoms with van der Waals surface area (Å²) in [5.74, 6) is -0.962. The third-order valence-electron chi connectivity index (χ3n) is 1.48. The van der Waals surface area contributed by atoms with E-state index in [0.717, 1.165) is 10.2 Å². The summed E-state index contributed by atoms with van der Waals surface area (Å²) in [6.45, 7) is 0. The fraction of sp³-hybridized carbons (Fsp3) is 0. The van der Waals surface area contributed by atoms with Crippen molar-refractivity contribution in [3.63, 3.8) is 0 Å². The number of carbonyl (C=O) groups is 1. The topological polar surface area (TPSA) is 50.2 Å². The minimum absolute atomic E-state index is 0. The van der Waals surface area contributed by atoms with Gasteiger partial charge in [-0.3, -0.25) is 0 Å². The van der Waals surface area contributed by atoms with E-state index in [2.05, 4.69) is 4.98 Å². The summed E-state index contributed by atoms with van der Waals surface area (Å²) < 4.78 is 0.912. The Bertz CT molecular complexity index is 407. The zero-order valence-corrected chi connectivity index (χ0v) is 7.84. The average molecular weight is 186 g/mol. The van der Waals surface area contributed by atoms with Gasteiger partial charge in [-0.05, 0) is 12.1 Å². The maximum atomic E-state index is 10.5. The quantitative estimate of drug-likeness (QED) is 0.688. The van der Waals surface area contributed by atoms with Crippen molar-refractivity contribution >= 4 is 46.4 Å². The first-order valence-corrected chi connectivity index (χ1v) is 4.18. The molecule has 0 atom stereocenters. The molecule has 2 rings (SSSR count). The third-order valence-corrected chi connectivity index (χ3v) is 2.50. The fourth-order valence-electron chi connectivity index (χ4n) is 0.964. The number of fused-ring (bicyclic) bond motifs is 1. The van der Waals surface area contributed by atoms with E-state index in [1.807, 2.05) is 18.2 Å². The number of nitrogens with zero attached hydrogens (tertiary/aromatic N) is 1. The zero-order valence-electron chi connectivity index (χ0n) is 7.02. The van der Waals surface area contributed by atoms with E-state index in [4.69, 9.17) is 5.11 Å². The molecule has 1 aromatic carbocycles. The van der Waals surface area contributed by atoms with Crippen molar-refractivity contribution in [2.75, 3.05) is 0 Å².